The number of rotatable bonds is 6. The molecule has 28 heavy (non-hydrogen) atoms. The van der Waals surface area contributed by atoms with E-state index in [1.807, 2.05) is 49.8 Å². The van der Waals surface area contributed by atoms with Gasteiger partial charge in [0.05, 0.1) is 11.3 Å². The predicted octanol–water partition coefficient (Wildman–Crippen LogP) is 4.89. The second-order valence-corrected chi connectivity index (χ2v) is 7.43. The predicted molar refractivity (Wildman–Crippen MR) is 114 cm³/mol. The lowest BCUT2D eigenvalue weighted by Gasteiger charge is -2.13. The highest BCUT2D eigenvalue weighted by atomic mass is 35.5. The first kappa shape index (κ1) is 20.2. The number of nitrogens with zero attached hydrogens (tertiary/aromatic N) is 2. The topological polar surface area (TPSA) is 59.0 Å². The highest BCUT2D eigenvalue weighted by Crippen LogP contribution is 2.22. The summed E-state index contributed by atoms with van der Waals surface area (Å²) in [6, 6.07) is 12.7. The average Bonchev–Trinajstić information content (AvgIpc) is 2.91. The minimum absolute atomic E-state index is 0.172. The van der Waals surface area contributed by atoms with E-state index in [0.717, 1.165) is 28.2 Å². The molecule has 2 aromatic carbocycles. The highest BCUT2D eigenvalue weighted by Gasteiger charge is 2.14. The van der Waals surface area contributed by atoms with Gasteiger partial charge in [0.25, 0.3) is 5.91 Å². The second kappa shape index (κ2) is 8.67. The van der Waals surface area contributed by atoms with Crippen LogP contribution in [0, 0.1) is 13.8 Å². The molecular formula is C21H22Cl2N4O. The summed E-state index contributed by atoms with van der Waals surface area (Å²) in [5.41, 5.74) is 5.37. The number of para-hydroxylation sites is 1. The molecule has 0 bridgehead atoms. The van der Waals surface area contributed by atoms with Crippen LogP contribution < -0.4 is 10.6 Å². The Hall–Kier alpha value is -2.50. The maximum absolute atomic E-state index is 12.7. The van der Waals surface area contributed by atoms with Crippen LogP contribution in [0.4, 0.5) is 5.69 Å². The summed E-state index contributed by atoms with van der Waals surface area (Å²) < 4.78 is 1.86. The number of hydrogen-bond donors (Lipinski definition) is 2. The molecule has 0 saturated carbocycles. The number of carbonyl (C=O) groups excluding carboxylic acids is 1. The smallest absolute Gasteiger partial charge is 0.253 e. The first-order valence-corrected chi connectivity index (χ1v) is 9.66. The van der Waals surface area contributed by atoms with Gasteiger partial charge in [0.15, 0.2) is 0 Å². The largest absolute Gasteiger partial charge is 0.380 e. The molecule has 0 spiro atoms. The van der Waals surface area contributed by atoms with Crippen molar-refractivity contribution in [2.75, 3.05) is 5.32 Å². The van der Waals surface area contributed by atoms with Crippen molar-refractivity contribution in [2.24, 2.45) is 7.05 Å². The number of amides is 1. The number of nitrogens with one attached hydrogen (secondary N) is 2. The Bertz CT molecular complexity index is 1010. The molecule has 146 valence electrons. The van der Waals surface area contributed by atoms with E-state index in [1.165, 1.54) is 0 Å². The van der Waals surface area contributed by atoms with Gasteiger partial charge in [0, 0.05) is 47.1 Å². The van der Waals surface area contributed by atoms with Crippen LogP contribution in [-0.4, -0.2) is 15.7 Å². The zero-order chi connectivity index (χ0) is 20.3. The van der Waals surface area contributed by atoms with Gasteiger partial charge in [0.1, 0.15) is 0 Å². The molecule has 7 heteroatoms. The summed E-state index contributed by atoms with van der Waals surface area (Å²) in [5.74, 6) is -0.172. The number of anilines is 1. The van der Waals surface area contributed by atoms with Crippen LogP contribution in [0.5, 0.6) is 0 Å². The molecule has 5 nitrogen and oxygen atoms in total. The average molecular weight is 417 g/mol. The molecule has 2 N–H and O–H groups in total. The molecule has 3 aromatic rings. The Morgan fingerprint density at radius 3 is 2.54 bits per heavy atom. The maximum atomic E-state index is 12.7. The van der Waals surface area contributed by atoms with E-state index >= 15 is 0 Å². The zero-order valence-corrected chi connectivity index (χ0v) is 17.5. The summed E-state index contributed by atoms with van der Waals surface area (Å²) >= 11 is 12.1. The standard InChI is InChI=1S/C21H22Cl2N4O/c1-13-18(14(2)27(3)26-13)12-24-20-7-5-4-6-17(20)21(28)25-11-15-8-9-16(22)10-19(15)23/h4-10,24H,11-12H2,1-3H3,(H,25,28). The van der Waals surface area contributed by atoms with Crippen molar-refractivity contribution < 1.29 is 4.79 Å². The molecule has 0 saturated heterocycles. The van der Waals surface area contributed by atoms with Gasteiger partial charge in [0.2, 0.25) is 0 Å². The van der Waals surface area contributed by atoms with Gasteiger partial charge in [-0.15, -0.1) is 0 Å². The van der Waals surface area contributed by atoms with Gasteiger partial charge in [-0.2, -0.15) is 5.10 Å². The Morgan fingerprint density at radius 1 is 1.11 bits per heavy atom. The van der Waals surface area contributed by atoms with E-state index in [-0.39, 0.29) is 5.91 Å². The first-order chi connectivity index (χ1) is 13.4. The number of aromatic nitrogens is 2. The Kier molecular flexibility index (Phi) is 6.27. The molecule has 0 aliphatic carbocycles. The highest BCUT2D eigenvalue weighted by molar-refractivity contribution is 6.35. The lowest BCUT2D eigenvalue weighted by atomic mass is 10.1. The van der Waals surface area contributed by atoms with Gasteiger partial charge >= 0.3 is 0 Å². The van der Waals surface area contributed by atoms with E-state index in [9.17, 15) is 4.79 Å². The summed E-state index contributed by atoms with van der Waals surface area (Å²) in [7, 11) is 1.93. The molecule has 0 fully saturated rings. The third-order valence-corrected chi connectivity index (χ3v) is 5.33. The van der Waals surface area contributed by atoms with E-state index < -0.39 is 0 Å². The molecule has 1 amide bonds. The van der Waals surface area contributed by atoms with Gasteiger partial charge in [-0.25, -0.2) is 0 Å². The van der Waals surface area contributed by atoms with Crippen LogP contribution in [0.3, 0.4) is 0 Å². The normalized spacial score (nSPS) is 10.8. The van der Waals surface area contributed by atoms with Crippen LogP contribution in [-0.2, 0) is 20.1 Å². The summed E-state index contributed by atoms with van der Waals surface area (Å²) in [5, 5.41) is 11.8. The fraction of sp³-hybridized carbons (Fsp3) is 0.238. The molecule has 0 aliphatic rings. The fourth-order valence-corrected chi connectivity index (χ4v) is 3.50. The quantitative estimate of drug-likeness (QED) is 0.601. The first-order valence-electron chi connectivity index (χ1n) is 8.91. The van der Waals surface area contributed by atoms with Crippen molar-refractivity contribution in [2.45, 2.75) is 26.9 Å². The molecule has 0 aliphatic heterocycles. The van der Waals surface area contributed by atoms with E-state index in [1.54, 1.807) is 18.2 Å². The van der Waals surface area contributed by atoms with Gasteiger partial charge in [-0.05, 0) is 43.7 Å². The third-order valence-electron chi connectivity index (χ3n) is 4.74. The summed E-state index contributed by atoms with van der Waals surface area (Å²) in [6.07, 6.45) is 0. The summed E-state index contributed by atoms with van der Waals surface area (Å²) in [6.45, 7) is 4.94. The number of halogens is 2. The van der Waals surface area contributed by atoms with Crippen molar-refractivity contribution in [1.82, 2.24) is 15.1 Å². The second-order valence-electron chi connectivity index (χ2n) is 6.59. The van der Waals surface area contributed by atoms with Gasteiger partial charge < -0.3 is 10.6 Å². The maximum Gasteiger partial charge on any atom is 0.253 e. The van der Waals surface area contributed by atoms with Crippen molar-refractivity contribution in [3.8, 4) is 0 Å². The SMILES string of the molecule is Cc1nn(C)c(C)c1CNc1ccccc1C(=O)NCc1ccc(Cl)cc1Cl. The molecule has 0 atom stereocenters. The van der Waals surface area contributed by atoms with Gasteiger partial charge in [-0.1, -0.05) is 41.4 Å². The Morgan fingerprint density at radius 2 is 1.86 bits per heavy atom. The van der Waals surface area contributed by atoms with Crippen molar-refractivity contribution in [3.05, 3.63) is 80.6 Å². The number of hydrogen-bond acceptors (Lipinski definition) is 3. The Labute approximate surface area is 174 Å². The van der Waals surface area contributed by atoms with Crippen LogP contribution >= 0.6 is 23.2 Å². The third kappa shape index (κ3) is 4.49. The van der Waals surface area contributed by atoms with Crippen molar-refractivity contribution in [1.29, 1.82) is 0 Å². The molecule has 3 rings (SSSR count). The summed E-state index contributed by atoms with van der Waals surface area (Å²) in [4.78, 5) is 12.7. The minimum atomic E-state index is -0.172. The zero-order valence-electron chi connectivity index (χ0n) is 16.0. The van der Waals surface area contributed by atoms with Gasteiger partial charge in [-0.3, -0.25) is 9.48 Å². The molecular weight excluding hydrogens is 395 g/mol. The molecule has 0 unspecified atom stereocenters. The Balaban J connectivity index is 1.71. The van der Waals surface area contributed by atoms with Crippen LogP contribution in [0.1, 0.15) is 32.9 Å². The van der Waals surface area contributed by atoms with Crippen LogP contribution in [0.15, 0.2) is 42.5 Å². The molecule has 1 aromatic heterocycles. The van der Waals surface area contributed by atoms with Crippen LogP contribution in [0.25, 0.3) is 0 Å². The van der Waals surface area contributed by atoms with E-state index in [2.05, 4.69) is 15.7 Å². The number of aryl methyl sites for hydroxylation is 2. The van der Waals surface area contributed by atoms with E-state index in [0.29, 0.717) is 28.7 Å². The lowest BCUT2D eigenvalue weighted by Crippen LogP contribution is -2.24. The number of carbonyl (C=O) groups is 1. The monoisotopic (exact) mass is 416 g/mol. The minimum Gasteiger partial charge on any atom is -0.380 e. The van der Waals surface area contributed by atoms with E-state index in [4.69, 9.17) is 23.2 Å². The fourth-order valence-electron chi connectivity index (χ4n) is 3.03. The van der Waals surface area contributed by atoms with Crippen molar-refractivity contribution >= 4 is 34.8 Å². The molecule has 0 radical (unpaired) electrons. The lowest BCUT2D eigenvalue weighted by molar-refractivity contribution is 0.0951. The van der Waals surface area contributed by atoms with Crippen molar-refractivity contribution in [3.63, 3.8) is 0 Å². The number of benzene rings is 2. The molecule has 1 heterocycles. The van der Waals surface area contributed by atoms with Crippen LogP contribution in [0.2, 0.25) is 10.0 Å².